The van der Waals surface area contributed by atoms with Crippen molar-refractivity contribution < 1.29 is 9.53 Å². The Morgan fingerprint density at radius 2 is 2.27 bits per heavy atom. The van der Waals surface area contributed by atoms with E-state index in [9.17, 15) is 4.79 Å². The van der Waals surface area contributed by atoms with E-state index in [0.29, 0.717) is 19.4 Å². The third-order valence-corrected chi connectivity index (χ3v) is 2.35. The summed E-state index contributed by atoms with van der Waals surface area (Å²) in [6.45, 7) is 2.29. The summed E-state index contributed by atoms with van der Waals surface area (Å²) in [5, 5.41) is 8.51. The van der Waals surface area contributed by atoms with Crippen LogP contribution in [0.4, 0.5) is 0 Å². The molecule has 2 atom stereocenters. The van der Waals surface area contributed by atoms with Gasteiger partial charge in [0.15, 0.2) is 0 Å². The van der Waals surface area contributed by atoms with Crippen molar-refractivity contribution in [3.05, 3.63) is 0 Å². The highest BCUT2D eigenvalue weighted by atomic mass is 16.5. The molecule has 0 radical (unpaired) electrons. The average Bonchev–Trinajstić information content (AvgIpc) is 2.24. The van der Waals surface area contributed by atoms with E-state index in [-0.39, 0.29) is 11.9 Å². The lowest BCUT2D eigenvalue weighted by Gasteiger charge is -2.25. The molecule has 0 rings (SSSR count). The summed E-state index contributed by atoms with van der Waals surface area (Å²) in [4.78, 5) is 13.2. The molecule has 0 aliphatic heterocycles. The minimum atomic E-state index is -0.545. The minimum absolute atomic E-state index is 0.101. The number of nitrogens with two attached hydrogens (primary N) is 1. The molecule has 1 amide bonds. The van der Waals surface area contributed by atoms with Crippen LogP contribution in [0.25, 0.3) is 0 Å². The molecule has 5 nitrogen and oxygen atoms in total. The SMILES string of the molecule is COCCC(N)C(=O)N(C)C(C)CC#N. The van der Waals surface area contributed by atoms with Gasteiger partial charge in [0.25, 0.3) is 0 Å². The number of hydrogen-bond donors (Lipinski definition) is 1. The molecule has 0 saturated carbocycles. The first-order chi connectivity index (χ1) is 7.04. The van der Waals surface area contributed by atoms with Crippen LogP contribution in [0.3, 0.4) is 0 Å². The highest BCUT2D eigenvalue weighted by molar-refractivity contribution is 5.81. The molecule has 2 N–H and O–H groups in total. The quantitative estimate of drug-likeness (QED) is 0.679. The molecule has 0 aromatic heterocycles. The molecule has 0 spiro atoms. The number of nitriles is 1. The fourth-order valence-corrected chi connectivity index (χ4v) is 1.12. The average molecular weight is 213 g/mol. The summed E-state index contributed by atoms with van der Waals surface area (Å²) in [5.74, 6) is -0.144. The Kier molecular flexibility index (Phi) is 6.67. The summed E-state index contributed by atoms with van der Waals surface area (Å²) in [5.41, 5.74) is 5.68. The first-order valence-electron chi connectivity index (χ1n) is 4.92. The Morgan fingerprint density at radius 3 is 2.73 bits per heavy atom. The van der Waals surface area contributed by atoms with Crippen molar-refractivity contribution in [1.29, 1.82) is 5.26 Å². The summed E-state index contributed by atoms with van der Waals surface area (Å²) in [7, 11) is 3.23. The van der Waals surface area contributed by atoms with Crippen molar-refractivity contribution in [2.75, 3.05) is 20.8 Å². The number of methoxy groups -OCH3 is 1. The van der Waals surface area contributed by atoms with Gasteiger partial charge in [0.05, 0.1) is 18.5 Å². The van der Waals surface area contributed by atoms with Crippen LogP contribution in [0.1, 0.15) is 19.8 Å². The van der Waals surface area contributed by atoms with Crippen LogP contribution in [-0.4, -0.2) is 43.7 Å². The Labute approximate surface area is 90.8 Å². The summed E-state index contributed by atoms with van der Waals surface area (Å²) in [6.07, 6.45) is 0.818. The molecule has 0 aromatic rings. The molecule has 5 heteroatoms. The van der Waals surface area contributed by atoms with Crippen LogP contribution in [-0.2, 0) is 9.53 Å². The maximum atomic E-state index is 11.7. The number of carbonyl (C=O) groups is 1. The van der Waals surface area contributed by atoms with Crippen LogP contribution < -0.4 is 5.73 Å². The number of hydrogen-bond acceptors (Lipinski definition) is 4. The fraction of sp³-hybridized carbons (Fsp3) is 0.800. The van der Waals surface area contributed by atoms with E-state index in [1.165, 1.54) is 4.90 Å². The number of amides is 1. The second-order valence-corrected chi connectivity index (χ2v) is 3.55. The second-order valence-electron chi connectivity index (χ2n) is 3.55. The van der Waals surface area contributed by atoms with Crippen molar-refractivity contribution in [1.82, 2.24) is 4.90 Å². The summed E-state index contributed by atoms with van der Waals surface area (Å²) in [6, 6.07) is 1.38. The maximum Gasteiger partial charge on any atom is 0.239 e. The van der Waals surface area contributed by atoms with Gasteiger partial charge in [0, 0.05) is 26.8 Å². The summed E-state index contributed by atoms with van der Waals surface area (Å²) >= 11 is 0. The first-order valence-corrected chi connectivity index (χ1v) is 4.92. The van der Waals surface area contributed by atoms with E-state index in [1.54, 1.807) is 14.2 Å². The normalized spacial score (nSPS) is 14.1. The summed E-state index contributed by atoms with van der Waals surface area (Å²) < 4.78 is 4.85. The van der Waals surface area contributed by atoms with Crippen molar-refractivity contribution in [2.45, 2.75) is 31.8 Å². The highest BCUT2D eigenvalue weighted by Crippen LogP contribution is 2.03. The molecule has 0 saturated heterocycles. The third-order valence-electron chi connectivity index (χ3n) is 2.35. The molecule has 0 heterocycles. The molecule has 0 aliphatic rings. The zero-order valence-corrected chi connectivity index (χ0v) is 9.56. The Balaban J connectivity index is 4.13. The number of likely N-dealkylation sites (N-methyl/N-ethyl adjacent to an activating group) is 1. The van der Waals surface area contributed by atoms with Crippen molar-refractivity contribution in [2.24, 2.45) is 5.73 Å². The van der Waals surface area contributed by atoms with E-state index >= 15 is 0 Å². The van der Waals surface area contributed by atoms with Crippen molar-refractivity contribution in [3.8, 4) is 6.07 Å². The highest BCUT2D eigenvalue weighted by Gasteiger charge is 2.21. The van der Waals surface area contributed by atoms with Gasteiger partial charge in [-0.25, -0.2) is 0 Å². The Bertz CT molecular complexity index is 237. The minimum Gasteiger partial charge on any atom is -0.385 e. The van der Waals surface area contributed by atoms with Gasteiger partial charge in [0.2, 0.25) is 5.91 Å². The number of rotatable bonds is 6. The van der Waals surface area contributed by atoms with Crippen LogP contribution >= 0.6 is 0 Å². The van der Waals surface area contributed by atoms with E-state index in [0.717, 1.165) is 0 Å². The fourth-order valence-electron chi connectivity index (χ4n) is 1.12. The number of nitrogens with zero attached hydrogens (tertiary/aromatic N) is 2. The number of carbonyl (C=O) groups excluding carboxylic acids is 1. The van der Waals surface area contributed by atoms with Gasteiger partial charge >= 0.3 is 0 Å². The Morgan fingerprint density at radius 1 is 1.67 bits per heavy atom. The second kappa shape index (κ2) is 7.21. The largest absolute Gasteiger partial charge is 0.385 e. The van der Waals surface area contributed by atoms with Crippen LogP contribution in [0.15, 0.2) is 0 Å². The zero-order valence-electron chi connectivity index (χ0n) is 9.56. The number of ether oxygens (including phenoxy) is 1. The standard InChI is InChI=1S/C10H19N3O2/c1-8(4-6-11)13(2)10(14)9(12)5-7-15-3/h8-9H,4-5,7,12H2,1-3H3. The lowest BCUT2D eigenvalue weighted by Crippen LogP contribution is -2.45. The molecule has 0 bridgehead atoms. The molecule has 2 unspecified atom stereocenters. The van der Waals surface area contributed by atoms with Gasteiger partial charge in [-0.2, -0.15) is 5.26 Å². The van der Waals surface area contributed by atoms with E-state index in [2.05, 4.69) is 0 Å². The van der Waals surface area contributed by atoms with E-state index < -0.39 is 6.04 Å². The molecule has 0 aromatic carbocycles. The lowest BCUT2D eigenvalue weighted by atomic mass is 10.1. The molecule has 0 fully saturated rings. The lowest BCUT2D eigenvalue weighted by molar-refractivity contribution is -0.133. The van der Waals surface area contributed by atoms with Gasteiger partial charge in [0.1, 0.15) is 0 Å². The molecule has 0 aliphatic carbocycles. The topological polar surface area (TPSA) is 79.3 Å². The van der Waals surface area contributed by atoms with Crippen LogP contribution in [0.2, 0.25) is 0 Å². The molecular weight excluding hydrogens is 194 g/mol. The molecule has 86 valence electrons. The van der Waals surface area contributed by atoms with Crippen molar-refractivity contribution >= 4 is 5.91 Å². The van der Waals surface area contributed by atoms with E-state index in [4.69, 9.17) is 15.7 Å². The van der Waals surface area contributed by atoms with Crippen LogP contribution in [0.5, 0.6) is 0 Å². The molecule has 15 heavy (non-hydrogen) atoms. The monoisotopic (exact) mass is 213 g/mol. The van der Waals surface area contributed by atoms with Crippen LogP contribution in [0, 0.1) is 11.3 Å². The predicted molar refractivity (Wildman–Crippen MR) is 56.9 cm³/mol. The Hall–Kier alpha value is -1.12. The smallest absolute Gasteiger partial charge is 0.239 e. The van der Waals surface area contributed by atoms with Gasteiger partial charge in [-0.3, -0.25) is 4.79 Å². The van der Waals surface area contributed by atoms with E-state index in [1.807, 2.05) is 13.0 Å². The predicted octanol–water partition coefficient (Wildman–Crippen LogP) is 0.111. The van der Waals surface area contributed by atoms with Gasteiger partial charge in [-0.05, 0) is 13.3 Å². The van der Waals surface area contributed by atoms with Crippen molar-refractivity contribution in [3.63, 3.8) is 0 Å². The molecular formula is C10H19N3O2. The first kappa shape index (κ1) is 13.9. The maximum absolute atomic E-state index is 11.7. The van der Waals surface area contributed by atoms with Gasteiger partial charge in [-0.15, -0.1) is 0 Å². The third kappa shape index (κ3) is 4.77. The zero-order chi connectivity index (χ0) is 11.8. The van der Waals surface area contributed by atoms with Gasteiger partial charge < -0.3 is 15.4 Å². The van der Waals surface area contributed by atoms with Gasteiger partial charge in [-0.1, -0.05) is 0 Å².